The number of hydrogen-bond acceptors (Lipinski definition) is 6. The fraction of sp³-hybridized carbons (Fsp3) is 0.296. The second-order valence-corrected chi connectivity index (χ2v) is 9.87. The van der Waals surface area contributed by atoms with Crippen LogP contribution < -0.4 is 20.1 Å². The molecule has 3 aromatic rings. The first-order valence-electron chi connectivity index (χ1n) is 11.2. The van der Waals surface area contributed by atoms with Crippen molar-refractivity contribution >= 4 is 29.3 Å². The van der Waals surface area contributed by atoms with Crippen molar-refractivity contribution in [1.82, 2.24) is 10.3 Å². The van der Waals surface area contributed by atoms with Gasteiger partial charge >= 0.3 is 0 Å². The van der Waals surface area contributed by atoms with E-state index in [9.17, 15) is 9.59 Å². The average molecular weight is 494 g/mol. The monoisotopic (exact) mass is 493 g/mol. The van der Waals surface area contributed by atoms with Gasteiger partial charge in [0.1, 0.15) is 16.5 Å². The summed E-state index contributed by atoms with van der Waals surface area (Å²) in [7, 11) is 3.18. The molecular formula is C27H31N3O4S. The largest absolute Gasteiger partial charge is 0.497 e. The summed E-state index contributed by atoms with van der Waals surface area (Å²) in [6.07, 6.45) is 1.70. The topological polar surface area (TPSA) is 89.5 Å². The van der Waals surface area contributed by atoms with Gasteiger partial charge in [-0.2, -0.15) is 0 Å². The smallest absolute Gasteiger partial charge is 0.251 e. The lowest BCUT2D eigenvalue weighted by atomic mass is 9.96. The molecule has 2 aromatic carbocycles. The van der Waals surface area contributed by atoms with Crippen LogP contribution in [0.15, 0.2) is 65.8 Å². The quantitative estimate of drug-likeness (QED) is 0.393. The fourth-order valence-corrected chi connectivity index (χ4v) is 4.03. The molecule has 0 saturated heterocycles. The van der Waals surface area contributed by atoms with Crippen molar-refractivity contribution in [3.05, 3.63) is 77.5 Å². The van der Waals surface area contributed by atoms with Crippen molar-refractivity contribution in [1.29, 1.82) is 0 Å². The van der Waals surface area contributed by atoms with E-state index in [4.69, 9.17) is 9.47 Å². The molecule has 0 bridgehead atoms. The van der Waals surface area contributed by atoms with E-state index in [1.165, 1.54) is 11.8 Å². The van der Waals surface area contributed by atoms with Gasteiger partial charge in [-0.25, -0.2) is 4.98 Å². The van der Waals surface area contributed by atoms with Crippen molar-refractivity contribution in [3.8, 4) is 11.5 Å². The molecule has 8 heteroatoms. The Labute approximate surface area is 210 Å². The highest BCUT2D eigenvalue weighted by molar-refractivity contribution is 7.98. The van der Waals surface area contributed by atoms with E-state index in [1.54, 1.807) is 38.6 Å². The second-order valence-electron chi connectivity index (χ2n) is 8.91. The van der Waals surface area contributed by atoms with Crippen LogP contribution in [0.1, 0.15) is 42.3 Å². The lowest BCUT2D eigenvalue weighted by Crippen LogP contribution is -2.27. The van der Waals surface area contributed by atoms with Gasteiger partial charge in [-0.1, -0.05) is 44.7 Å². The number of amides is 2. The van der Waals surface area contributed by atoms with Crippen LogP contribution in [0, 0.1) is 5.41 Å². The molecule has 184 valence electrons. The number of aromatic nitrogens is 1. The van der Waals surface area contributed by atoms with Crippen molar-refractivity contribution in [3.63, 3.8) is 0 Å². The van der Waals surface area contributed by atoms with Gasteiger partial charge in [-0.15, -0.1) is 0 Å². The first-order valence-corrected chi connectivity index (χ1v) is 12.2. The molecule has 0 radical (unpaired) electrons. The van der Waals surface area contributed by atoms with Crippen LogP contribution in [0.25, 0.3) is 0 Å². The highest BCUT2D eigenvalue weighted by atomic mass is 32.2. The summed E-state index contributed by atoms with van der Waals surface area (Å²) < 4.78 is 10.6. The predicted octanol–water partition coefficient (Wildman–Crippen LogP) is 5.31. The van der Waals surface area contributed by atoms with Gasteiger partial charge in [-0.3, -0.25) is 9.59 Å². The maximum absolute atomic E-state index is 12.8. The molecule has 0 aliphatic carbocycles. The number of anilines is 1. The molecule has 0 aliphatic heterocycles. The summed E-state index contributed by atoms with van der Waals surface area (Å²) in [5, 5.41) is 6.64. The number of benzene rings is 2. The van der Waals surface area contributed by atoms with Crippen LogP contribution in [0.4, 0.5) is 5.69 Å². The molecule has 1 aromatic heterocycles. The van der Waals surface area contributed by atoms with E-state index in [-0.39, 0.29) is 11.8 Å². The minimum Gasteiger partial charge on any atom is -0.497 e. The summed E-state index contributed by atoms with van der Waals surface area (Å²) in [5.41, 5.74) is 2.57. The number of rotatable bonds is 9. The van der Waals surface area contributed by atoms with Crippen molar-refractivity contribution in [2.45, 2.75) is 38.1 Å². The van der Waals surface area contributed by atoms with Gasteiger partial charge in [0.25, 0.3) is 5.91 Å². The zero-order valence-corrected chi connectivity index (χ0v) is 21.5. The molecule has 7 nitrogen and oxygen atoms in total. The van der Waals surface area contributed by atoms with Crippen LogP contribution in [0.2, 0.25) is 0 Å². The summed E-state index contributed by atoms with van der Waals surface area (Å²) in [4.78, 5) is 29.6. The number of methoxy groups -OCH3 is 2. The Bertz CT molecular complexity index is 1190. The van der Waals surface area contributed by atoms with Gasteiger partial charge in [0.05, 0.1) is 19.9 Å². The Morgan fingerprint density at radius 3 is 2.51 bits per heavy atom. The van der Waals surface area contributed by atoms with Crippen LogP contribution >= 0.6 is 11.8 Å². The molecule has 2 N–H and O–H groups in total. The third-order valence-electron chi connectivity index (χ3n) is 5.20. The highest BCUT2D eigenvalue weighted by Gasteiger charge is 2.22. The van der Waals surface area contributed by atoms with E-state index < -0.39 is 5.41 Å². The number of nitrogens with one attached hydrogen (secondary N) is 2. The Kier molecular flexibility index (Phi) is 8.76. The second kappa shape index (κ2) is 11.8. The number of ether oxygens (including phenoxy) is 2. The Morgan fingerprint density at radius 1 is 1.00 bits per heavy atom. The maximum atomic E-state index is 12.8. The minimum atomic E-state index is -0.505. The summed E-state index contributed by atoms with van der Waals surface area (Å²) in [6, 6.07) is 16.6. The van der Waals surface area contributed by atoms with Crippen LogP contribution in [0.5, 0.6) is 11.5 Å². The van der Waals surface area contributed by atoms with Gasteiger partial charge < -0.3 is 20.1 Å². The molecule has 0 spiro atoms. The number of hydrogen-bond donors (Lipinski definition) is 2. The lowest BCUT2D eigenvalue weighted by Gasteiger charge is -2.18. The molecule has 0 unspecified atom stereocenters. The number of nitrogens with zero attached hydrogens (tertiary/aromatic N) is 1. The molecule has 1 heterocycles. The molecular weight excluding hydrogens is 462 g/mol. The first-order chi connectivity index (χ1) is 16.7. The minimum absolute atomic E-state index is 0.0699. The number of pyridine rings is 1. The molecule has 3 rings (SSSR count). The molecule has 0 atom stereocenters. The Hall–Kier alpha value is -3.52. The van der Waals surface area contributed by atoms with Crippen LogP contribution in [-0.4, -0.2) is 31.0 Å². The SMILES string of the molecule is COc1ccc(CNC(=O)c2cccc(CSc3ncccc3NC(=O)C(C)(C)C)c2)c(OC)c1. The average Bonchev–Trinajstić information content (AvgIpc) is 2.86. The van der Waals surface area contributed by atoms with E-state index in [1.807, 2.05) is 57.2 Å². The van der Waals surface area contributed by atoms with Crippen LogP contribution in [-0.2, 0) is 17.1 Å². The van der Waals surface area contributed by atoms with E-state index in [0.29, 0.717) is 35.0 Å². The molecule has 0 fully saturated rings. The number of carbonyl (C=O) groups is 2. The maximum Gasteiger partial charge on any atom is 0.251 e. The standard InChI is InChI=1S/C27H31N3O4S/c1-27(2,3)26(32)30-22-10-7-13-28-25(22)35-17-18-8-6-9-19(14-18)24(31)29-16-20-11-12-21(33-4)15-23(20)34-5/h6-15H,16-17H2,1-5H3,(H,29,31)(H,30,32). The molecule has 35 heavy (non-hydrogen) atoms. The van der Waals surface area contributed by atoms with Gasteiger partial charge in [0.15, 0.2) is 0 Å². The van der Waals surface area contributed by atoms with E-state index in [2.05, 4.69) is 15.6 Å². The normalized spacial score (nSPS) is 11.0. The van der Waals surface area contributed by atoms with Crippen molar-refractivity contribution in [2.75, 3.05) is 19.5 Å². The lowest BCUT2D eigenvalue weighted by molar-refractivity contribution is -0.123. The van der Waals surface area contributed by atoms with Crippen molar-refractivity contribution in [2.24, 2.45) is 5.41 Å². The third-order valence-corrected chi connectivity index (χ3v) is 6.28. The number of thioether (sulfide) groups is 1. The third kappa shape index (κ3) is 7.23. The zero-order valence-electron chi connectivity index (χ0n) is 20.7. The van der Waals surface area contributed by atoms with Crippen LogP contribution in [0.3, 0.4) is 0 Å². The van der Waals surface area contributed by atoms with Gasteiger partial charge in [0.2, 0.25) is 5.91 Å². The first kappa shape index (κ1) is 26.1. The fourth-order valence-electron chi connectivity index (χ4n) is 3.14. The summed E-state index contributed by atoms with van der Waals surface area (Å²) in [6.45, 7) is 5.93. The molecule has 0 aliphatic rings. The van der Waals surface area contributed by atoms with Gasteiger partial charge in [-0.05, 0) is 42.0 Å². The molecule has 2 amide bonds. The predicted molar refractivity (Wildman–Crippen MR) is 139 cm³/mol. The van der Waals surface area contributed by atoms with E-state index in [0.717, 1.165) is 16.2 Å². The van der Waals surface area contributed by atoms with E-state index >= 15 is 0 Å². The zero-order chi connectivity index (χ0) is 25.4. The Balaban J connectivity index is 1.64. The summed E-state index contributed by atoms with van der Waals surface area (Å²) in [5.74, 6) is 1.70. The molecule has 0 saturated carbocycles. The van der Waals surface area contributed by atoms with Gasteiger partial charge in [0, 0.05) is 41.1 Å². The van der Waals surface area contributed by atoms with Crippen molar-refractivity contribution < 1.29 is 19.1 Å². The number of carbonyl (C=O) groups excluding carboxylic acids is 2. The summed E-state index contributed by atoms with van der Waals surface area (Å²) >= 11 is 1.51. The Morgan fingerprint density at radius 2 is 1.80 bits per heavy atom. The highest BCUT2D eigenvalue weighted by Crippen LogP contribution is 2.29.